The fraction of sp³-hybridized carbons (Fsp3) is 0.143. The van der Waals surface area contributed by atoms with Gasteiger partial charge in [0.25, 0.3) is 17.7 Å². The minimum Gasteiger partial charge on any atom is -0.346 e. The van der Waals surface area contributed by atoms with Gasteiger partial charge in [-0.15, -0.1) is 11.3 Å². The quantitative estimate of drug-likeness (QED) is 0.381. The Kier molecular flexibility index (Phi) is 6.25. The number of rotatable bonds is 7. The maximum absolute atomic E-state index is 12.9. The van der Waals surface area contributed by atoms with Crippen LogP contribution in [0.4, 0.5) is 0 Å². The normalized spacial score (nSPS) is 12.7. The van der Waals surface area contributed by atoms with Gasteiger partial charge in [0.15, 0.2) is 0 Å². The van der Waals surface area contributed by atoms with E-state index in [1.165, 1.54) is 22.3 Å². The minimum absolute atomic E-state index is 0.270. The summed E-state index contributed by atoms with van der Waals surface area (Å²) in [6.45, 7) is 2.61. The molecule has 2 heterocycles. The molecule has 0 spiro atoms. The summed E-state index contributed by atoms with van der Waals surface area (Å²) in [5.74, 6) is -1.00. The van der Waals surface area contributed by atoms with Gasteiger partial charge in [-0.3, -0.25) is 19.3 Å². The molecule has 0 fully saturated rings. The van der Waals surface area contributed by atoms with Gasteiger partial charge >= 0.3 is 0 Å². The van der Waals surface area contributed by atoms with E-state index in [0.29, 0.717) is 24.1 Å². The van der Waals surface area contributed by atoms with Crippen molar-refractivity contribution >= 4 is 29.1 Å². The molecule has 3 aromatic carbocycles. The highest BCUT2D eigenvalue weighted by molar-refractivity contribution is 7.13. The van der Waals surface area contributed by atoms with Crippen molar-refractivity contribution in [3.8, 4) is 10.6 Å². The summed E-state index contributed by atoms with van der Waals surface area (Å²) in [5, 5.41) is 5.70. The molecule has 3 amide bonds. The first kappa shape index (κ1) is 22.7. The summed E-state index contributed by atoms with van der Waals surface area (Å²) in [6.07, 6.45) is 0.581. The average molecular weight is 482 g/mol. The van der Waals surface area contributed by atoms with E-state index in [1.807, 2.05) is 66.9 Å². The topological polar surface area (TPSA) is 79.4 Å². The molecule has 1 N–H and O–H groups in total. The Bertz CT molecular complexity index is 1430. The highest BCUT2D eigenvalue weighted by Crippen LogP contribution is 2.27. The van der Waals surface area contributed by atoms with E-state index in [4.69, 9.17) is 0 Å². The Hall–Kier alpha value is -4.10. The zero-order valence-electron chi connectivity index (χ0n) is 19.2. The predicted octanol–water partition coefficient (Wildman–Crippen LogP) is 4.89. The summed E-state index contributed by atoms with van der Waals surface area (Å²) >= 11 is 1.53. The summed E-state index contributed by atoms with van der Waals surface area (Å²) < 4.78 is 0. The Labute approximate surface area is 207 Å². The standard InChI is InChI=1S/C28H23N3O3S/c1-18-7-5-6-10-22(18)26-30-21(17-35-26)16-29-25(32)20-11-12-23-24(15-20)28(34)31(27(23)33)14-13-19-8-3-2-4-9-19/h2-12,15,17H,13-14,16H2,1H3,(H,29,32). The number of aromatic nitrogens is 1. The minimum atomic E-state index is -0.363. The second-order valence-electron chi connectivity index (χ2n) is 8.40. The average Bonchev–Trinajstić information content (AvgIpc) is 3.45. The summed E-state index contributed by atoms with van der Waals surface area (Å²) in [4.78, 5) is 44.3. The van der Waals surface area contributed by atoms with Crippen molar-refractivity contribution in [2.24, 2.45) is 0 Å². The fourth-order valence-electron chi connectivity index (χ4n) is 4.12. The van der Waals surface area contributed by atoms with Crippen molar-refractivity contribution in [1.82, 2.24) is 15.2 Å². The smallest absolute Gasteiger partial charge is 0.261 e. The molecule has 1 aliphatic heterocycles. The molecule has 0 radical (unpaired) electrons. The van der Waals surface area contributed by atoms with E-state index < -0.39 is 0 Å². The van der Waals surface area contributed by atoms with E-state index in [-0.39, 0.29) is 29.8 Å². The Balaban J connectivity index is 1.24. The zero-order chi connectivity index (χ0) is 24.4. The van der Waals surface area contributed by atoms with E-state index in [9.17, 15) is 14.4 Å². The van der Waals surface area contributed by atoms with Gasteiger partial charge in [0.05, 0.1) is 23.4 Å². The number of carbonyl (C=O) groups excluding carboxylic acids is 3. The lowest BCUT2D eigenvalue weighted by atomic mass is 10.1. The molecule has 0 bridgehead atoms. The van der Waals surface area contributed by atoms with Crippen LogP contribution in [0.5, 0.6) is 0 Å². The van der Waals surface area contributed by atoms with Crippen molar-refractivity contribution in [2.75, 3.05) is 6.54 Å². The maximum Gasteiger partial charge on any atom is 0.261 e. The molecule has 5 rings (SSSR count). The first-order chi connectivity index (χ1) is 17.0. The van der Waals surface area contributed by atoms with Crippen LogP contribution in [0, 0.1) is 6.92 Å². The highest BCUT2D eigenvalue weighted by Gasteiger charge is 2.35. The summed E-state index contributed by atoms with van der Waals surface area (Å²) in [5.41, 5.74) is 4.98. The van der Waals surface area contributed by atoms with Crippen molar-refractivity contribution in [3.05, 3.63) is 112 Å². The SMILES string of the molecule is Cc1ccccc1-c1nc(CNC(=O)c2ccc3c(c2)C(=O)N(CCc2ccccc2)C3=O)cs1. The summed E-state index contributed by atoms with van der Waals surface area (Å²) in [6, 6.07) is 22.4. The number of nitrogens with zero attached hydrogens (tertiary/aromatic N) is 2. The van der Waals surface area contributed by atoms with Gasteiger partial charge in [0.1, 0.15) is 5.01 Å². The van der Waals surface area contributed by atoms with Crippen LogP contribution in [0.3, 0.4) is 0 Å². The molecule has 4 aromatic rings. The molecule has 7 heteroatoms. The number of amides is 3. The van der Waals surface area contributed by atoms with E-state index >= 15 is 0 Å². The van der Waals surface area contributed by atoms with Gasteiger partial charge in [-0.2, -0.15) is 0 Å². The van der Waals surface area contributed by atoms with Crippen LogP contribution in [0.1, 0.15) is 47.9 Å². The first-order valence-corrected chi connectivity index (χ1v) is 12.2. The molecular weight excluding hydrogens is 458 g/mol. The predicted molar refractivity (Wildman–Crippen MR) is 135 cm³/mol. The molecule has 35 heavy (non-hydrogen) atoms. The highest BCUT2D eigenvalue weighted by atomic mass is 32.1. The molecule has 0 aliphatic carbocycles. The molecule has 1 aliphatic rings. The van der Waals surface area contributed by atoms with Crippen molar-refractivity contribution < 1.29 is 14.4 Å². The third-order valence-corrected chi connectivity index (χ3v) is 6.98. The van der Waals surface area contributed by atoms with Gasteiger partial charge in [-0.25, -0.2) is 4.98 Å². The first-order valence-electron chi connectivity index (χ1n) is 11.3. The number of benzene rings is 3. The molecular formula is C28H23N3O3S. The lowest BCUT2D eigenvalue weighted by Gasteiger charge is -2.13. The lowest BCUT2D eigenvalue weighted by Crippen LogP contribution is -2.31. The molecule has 0 saturated heterocycles. The molecule has 0 saturated carbocycles. The molecule has 6 nitrogen and oxygen atoms in total. The van der Waals surface area contributed by atoms with Crippen LogP contribution in [0.15, 0.2) is 78.2 Å². The molecule has 1 aromatic heterocycles. The molecule has 174 valence electrons. The number of hydrogen-bond donors (Lipinski definition) is 1. The van der Waals surface area contributed by atoms with E-state index in [1.54, 1.807) is 12.1 Å². The number of aryl methyl sites for hydroxylation is 1. The second-order valence-corrected chi connectivity index (χ2v) is 9.26. The zero-order valence-corrected chi connectivity index (χ0v) is 20.0. The Morgan fingerprint density at radius 1 is 0.914 bits per heavy atom. The van der Waals surface area contributed by atoms with Gasteiger partial charge in [-0.05, 0) is 42.7 Å². The van der Waals surface area contributed by atoms with Crippen LogP contribution < -0.4 is 5.32 Å². The number of imide groups is 1. The summed E-state index contributed by atoms with van der Waals surface area (Å²) in [7, 11) is 0. The molecule has 0 unspecified atom stereocenters. The largest absolute Gasteiger partial charge is 0.346 e. The van der Waals surface area contributed by atoms with Gasteiger partial charge in [-0.1, -0.05) is 54.6 Å². The van der Waals surface area contributed by atoms with Crippen LogP contribution in [-0.4, -0.2) is 34.2 Å². The van der Waals surface area contributed by atoms with Crippen LogP contribution in [0.25, 0.3) is 10.6 Å². The van der Waals surface area contributed by atoms with Crippen LogP contribution in [-0.2, 0) is 13.0 Å². The van der Waals surface area contributed by atoms with E-state index in [0.717, 1.165) is 27.4 Å². The fourth-order valence-corrected chi connectivity index (χ4v) is 5.03. The number of nitrogens with one attached hydrogen (secondary N) is 1. The number of hydrogen-bond acceptors (Lipinski definition) is 5. The number of carbonyl (C=O) groups is 3. The third-order valence-electron chi connectivity index (χ3n) is 6.06. The maximum atomic E-state index is 12.9. The van der Waals surface area contributed by atoms with Gasteiger partial charge in [0.2, 0.25) is 0 Å². The van der Waals surface area contributed by atoms with Crippen molar-refractivity contribution in [1.29, 1.82) is 0 Å². The van der Waals surface area contributed by atoms with Crippen molar-refractivity contribution in [2.45, 2.75) is 19.9 Å². The monoisotopic (exact) mass is 481 g/mol. The molecule has 0 atom stereocenters. The Morgan fingerprint density at radius 2 is 1.66 bits per heavy atom. The lowest BCUT2D eigenvalue weighted by molar-refractivity contribution is 0.0656. The Morgan fingerprint density at radius 3 is 2.46 bits per heavy atom. The number of thiazole rings is 1. The van der Waals surface area contributed by atoms with Gasteiger partial charge in [0, 0.05) is 23.1 Å². The van der Waals surface area contributed by atoms with E-state index in [2.05, 4.69) is 10.3 Å². The number of fused-ring (bicyclic) bond motifs is 1. The van der Waals surface area contributed by atoms with Gasteiger partial charge < -0.3 is 5.32 Å². The third kappa shape index (κ3) is 4.63. The second kappa shape index (κ2) is 9.64. The van der Waals surface area contributed by atoms with Crippen molar-refractivity contribution in [3.63, 3.8) is 0 Å². The van der Waals surface area contributed by atoms with Crippen LogP contribution in [0.2, 0.25) is 0 Å². The van der Waals surface area contributed by atoms with Crippen LogP contribution >= 0.6 is 11.3 Å².